The summed E-state index contributed by atoms with van der Waals surface area (Å²) >= 11 is 6.28. The van der Waals surface area contributed by atoms with Gasteiger partial charge in [0.2, 0.25) is 0 Å². The molecule has 1 aliphatic rings. The first kappa shape index (κ1) is 21.2. The summed E-state index contributed by atoms with van der Waals surface area (Å²) in [5.41, 5.74) is 1.93. The summed E-state index contributed by atoms with van der Waals surface area (Å²) < 4.78 is 33.8. The minimum absolute atomic E-state index is 0.164. The maximum atomic E-state index is 12.9. The fourth-order valence-corrected chi connectivity index (χ4v) is 4.71. The van der Waals surface area contributed by atoms with Crippen molar-refractivity contribution in [3.8, 4) is 5.75 Å². The Morgan fingerprint density at radius 2 is 1.77 bits per heavy atom. The molecule has 1 N–H and O–H groups in total. The molecule has 0 aromatic heterocycles. The fourth-order valence-electron chi connectivity index (χ4n) is 3.44. The summed E-state index contributed by atoms with van der Waals surface area (Å²) in [7, 11) is -3.73. The van der Waals surface area contributed by atoms with Crippen molar-refractivity contribution >= 4 is 33.2 Å². The van der Waals surface area contributed by atoms with Crippen LogP contribution in [0.5, 0.6) is 5.75 Å². The largest absolute Gasteiger partial charge is 0.481 e. The van der Waals surface area contributed by atoms with E-state index in [0.717, 1.165) is 5.56 Å². The number of hydrogen-bond donors (Lipinski definition) is 1. The molecule has 0 aliphatic carbocycles. The van der Waals surface area contributed by atoms with E-state index in [0.29, 0.717) is 28.6 Å². The van der Waals surface area contributed by atoms with E-state index in [9.17, 15) is 13.2 Å². The molecule has 1 aliphatic heterocycles. The molecule has 1 atom stereocenters. The number of benzene rings is 3. The number of rotatable bonds is 5. The third-order valence-electron chi connectivity index (χ3n) is 5.01. The molecule has 3 aromatic rings. The van der Waals surface area contributed by atoms with Crippen LogP contribution in [0, 0.1) is 0 Å². The van der Waals surface area contributed by atoms with Crippen LogP contribution >= 0.6 is 11.6 Å². The Kier molecular flexibility index (Phi) is 5.89. The second-order valence-corrected chi connectivity index (χ2v) is 9.38. The molecule has 0 bridgehead atoms. The van der Waals surface area contributed by atoms with Gasteiger partial charge in [-0.25, -0.2) is 8.42 Å². The third kappa shape index (κ3) is 4.68. The molecule has 0 fully saturated rings. The number of amides is 1. The van der Waals surface area contributed by atoms with Crippen molar-refractivity contribution in [3.05, 3.63) is 88.9 Å². The Morgan fingerprint density at radius 3 is 2.52 bits per heavy atom. The van der Waals surface area contributed by atoms with Gasteiger partial charge in [-0.1, -0.05) is 48.0 Å². The highest BCUT2D eigenvalue weighted by atomic mass is 35.5. The molecule has 4 rings (SSSR count). The van der Waals surface area contributed by atoms with Crippen molar-refractivity contribution in [1.82, 2.24) is 4.90 Å². The lowest BCUT2D eigenvalue weighted by molar-refractivity contribution is -0.138. The topological polar surface area (TPSA) is 75.7 Å². The summed E-state index contributed by atoms with van der Waals surface area (Å²) in [5.74, 6) is 0.382. The standard InChI is InChI=1S/C23H21ClN2O4S/c1-16-23(27)26(14-17-7-5-6-10-21(17)24)15-18-13-19(11-12-22(18)30-16)25-31(28,29)20-8-3-2-4-9-20/h2-13,16,25H,14-15H2,1H3/t16-/m1/s1. The van der Waals surface area contributed by atoms with Crippen molar-refractivity contribution in [3.63, 3.8) is 0 Å². The maximum Gasteiger partial charge on any atom is 0.263 e. The zero-order chi connectivity index (χ0) is 22.0. The van der Waals surface area contributed by atoms with Gasteiger partial charge in [0.15, 0.2) is 6.10 Å². The van der Waals surface area contributed by atoms with Crippen LogP contribution < -0.4 is 9.46 Å². The number of anilines is 1. The van der Waals surface area contributed by atoms with Crippen molar-refractivity contribution in [2.75, 3.05) is 4.72 Å². The number of hydrogen-bond acceptors (Lipinski definition) is 4. The zero-order valence-corrected chi connectivity index (χ0v) is 18.4. The van der Waals surface area contributed by atoms with Gasteiger partial charge in [-0.15, -0.1) is 0 Å². The minimum atomic E-state index is -3.73. The van der Waals surface area contributed by atoms with Crippen LogP contribution in [0.2, 0.25) is 5.02 Å². The molecule has 3 aromatic carbocycles. The smallest absolute Gasteiger partial charge is 0.263 e. The van der Waals surface area contributed by atoms with Gasteiger partial charge in [0, 0.05) is 29.4 Å². The minimum Gasteiger partial charge on any atom is -0.481 e. The molecule has 0 radical (unpaired) electrons. The van der Waals surface area contributed by atoms with Gasteiger partial charge in [-0.3, -0.25) is 9.52 Å². The predicted octanol–water partition coefficient (Wildman–Crippen LogP) is 4.45. The summed E-state index contributed by atoms with van der Waals surface area (Å²) in [4.78, 5) is 14.7. The lowest BCUT2D eigenvalue weighted by atomic mass is 10.1. The van der Waals surface area contributed by atoms with E-state index in [1.54, 1.807) is 54.3 Å². The van der Waals surface area contributed by atoms with E-state index >= 15 is 0 Å². The molecule has 0 saturated carbocycles. The Labute approximate surface area is 186 Å². The number of halogens is 1. The van der Waals surface area contributed by atoms with Crippen molar-refractivity contribution in [1.29, 1.82) is 0 Å². The molecular weight excluding hydrogens is 436 g/mol. The molecule has 0 saturated heterocycles. The Balaban J connectivity index is 1.62. The van der Waals surface area contributed by atoms with Gasteiger partial charge < -0.3 is 9.64 Å². The van der Waals surface area contributed by atoms with Gasteiger partial charge in [0.25, 0.3) is 15.9 Å². The molecule has 160 valence electrons. The van der Waals surface area contributed by atoms with Crippen molar-refractivity contribution in [2.45, 2.75) is 31.0 Å². The summed E-state index contributed by atoms with van der Waals surface area (Å²) in [5, 5.41) is 0.581. The lowest BCUT2D eigenvalue weighted by Gasteiger charge is -2.22. The highest BCUT2D eigenvalue weighted by Crippen LogP contribution is 2.31. The first-order valence-electron chi connectivity index (χ1n) is 9.73. The first-order chi connectivity index (χ1) is 14.8. The fraction of sp³-hybridized carbons (Fsp3) is 0.174. The Morgan fingerprint density at radius 1 is 1.06 bits per heavy atom. The van der Waals surface area contributed by atoms with Gasteiger partial charge >= 0.3 is 0 Å². The average molecular weight is 457 g/mol. The van der Waals surface area contributed by atoms with Crippen LogP contribution in [-0.2, 0) is 27.9 Å². The number of carbonyl (C=O) groups excluding carboxylic acids is 1. The Hall–Kier alpha value is -3.03. The van der Waals surface area contributed by atoms with Crippen molar-refractivity contribution in [2.24, 2.45) is 0 Å². The molecule has 31 heavy (non-hydrogen) atoms. The third-order valence-corrected chi connectivity index (χ3v) is 6.78. The quantitative estimate of drug-likeness (QED) is 0.615. The molecule has 1 amide bonds. The van der Waals surface area contributed by atoms with Gasteiger partial charge in [0.05, 0.1) is 4.90 Å². The summed E-state index contributed by atoms with van der Waals surface area (Å²) in [6.45, 7) is 2.29. The summed E-state index contributed by atoms with van der Waals surface area (Å²) in [6.07, 6.45) is -0.671. The van der Waals surface area contributed by atoms with Crippen LogP contribution in [0.25, 0.3) is 0 Å². The number of ether oxygens (including phenoxy) is 1. The number of nitrogens with zero attached hydrogens (tertiary/aromatic N) is 1. The molecule has 0 unspecified atom stereocenters. The summed E-state index contributed by atoms with van der Waals surface area (Å²) in [6, 6.07) is 20.5. The number of nitrogens with one attached hydrogen (secondary N) is 1. The van der Waals surface area contributed by atoms with E-state index in [1.165, 1.54) is 12.1 Å². The highest BCUT2D eigenvalue weighted by molar-refractivity contribution is 7.92. The van der Waals surface area contributed by atoms with Gasteiger partial charge in [-0.2, -0.15) is 0 Å². The normalized spacial score (nSPS) is 16.3. The van der Waals surface area contributed by atoms with E-state index in [4.69, 9.17) is 16.3 Å². The van der Waals surface area contributed by atoms with E-state index in [1.807, 2.05) is 18.2 Å². The van der Waals surface area contributed by atoms with E-state index < -0.39 is 16.1 Å². The molecule has 1 heterocycles. The SMILES string of the molecule is C[C@H]1Oc2ccc(NS(=O)(=O)c3ccccc3)cc2CN(Cc2ccccc2Cl)C1=O. The van der Waals surface area contributed by atoms with Crippen LogP contribution in [-0.4, -0.2) is 25.3 Å². The Bertz CT molecular complexity index is 1220. The van der Waals surface area contributed by atoms with Crippen LogP contribution in [0.15, 0.2) is 77.7 Å². The second-order valence-electron chi connectivity index (χ2n) is 7.29. The molecule has 0 spiro atoms. The average Bonchev–Trinajstić information content (AvgIpc) is 2.87. The molecule has 6 nitrogen and oxygen atoms in total. The van der Waals surface area contributed by atoms with Crippen LogP contribution in [0.3, 0.4) is 0 Å². The molecular formula is C23H21ClN2O4S. The monoisotopic (exact) mass is 456 g/mol. The van der Waals surface area contributed by atoms with Crippen LogP contribution in [0.1, 0.15) is 18.1 Å². The first-order valence-corrected chi connectivity index (χ1v) is 11.6. The highest BCUT2D eigenvalue weighted by Gasteiger charge is 2.28. The van der Waals surface area contributed by atoms with Gasteiger partial charge in [-0.05, 0) is 48.9 Å². The maximum absolute atomic E-state index is 12.9. The lowest BCUT2D eigenvalue weighted by Crippen LogP contribution is -2.37. The van der Waals surface area contributed by atoms with Crippen LogP contribution in [0.4, 0.5) is 5.69 Å². The van der Waals surface area contributed by atoms with Gasteiger partial charge in [0.1, 0.15) is 5.75 Å². The predicted molar refractivity (Wildman–Crippen MR) is 119 cm³/mol. The zero-order valence-electron chi connectivity index (χ0n) is 16.8. The van der Waals surface area contributed by atoms with Crippen molar-refractivity contribution < 1.29 is 17.9 Å². The molecule has 8 heteroatoms. The number of fused-ring (bicyclic) bond motifs is 1. The van der Waals surface area contributed by atoms with E-state index in [2.05, 4.69) is 4.72 Å². The number of carbonyl (C=O) groups is 1. The number of sulfonamides is 1. The van der Waals surface area contributed by atoms with E-state index in [-0.39, 0.29) is 17.3 Å². The second kappa shape index (κ2) is 8.61.